The van der Waals surface area contributed by atoms with E-state index < -0.39 is 43.6 Å². The Labute approximate surface area is 228 Å². The van der Waals surface area contributed by atoms with E-state index in [9.17, 15) is 26.0 Å². The lowest BCUT2D eigenvalue weighted by atomic mass is 9.97. The molecule has 0 fully saturated rings. The lowest BCUT2D eigenvalue weighted by molar-refractivity contribution is -0.137. The fourth-order valence-corrected chi connectivity index (χ4v) is 6.66. The van der Waals surface area contributed by atoms with E-state index in [1.165, 1.54) is 12.1 Å². The molecule has 5 nitrogen and oxygen atoms in total. The predicted molar refractivity (Wildman–Crippen MR) is 144 cm³/mol. The summed E-state index contributed by atoms with van der Waals surface area (Å²) in [7, 11) is -4.30. The third-order valence-corrected chi connectivity index (χ3v) is 8.72. The van der Waals surface area contributed by atoms with Crippen molar-refractivity contribution in [3.8, 4) is 5.75 Å². The van der Waals surface area contributed by atoms with Crippen molar-refractivity contribution < 1.29 is 30.7 Å². The van der Waals surface area contributed by atoms with Crippen molar-refractivity contribution in [2.24, 2.45) is 10.7 Å². The monoisotopic (exact) mass is 580 g/mol. The molecular weight excluding hydrogens is 556 g/mol. The van der Waals surface area contributed by atoms with Gasteiger partial charge in [-0.25, -0.2) is 12.8 Å². The van der Waals surface area contributed by atoms with Gasteiger partial charge in [0.25, 0.3) is 0 Å². The smallest absolute Gasteiger partial charge is 0.416 e. The lowest BCUT2D eigenvalue weighted by Gasteiger charge is -2.32. The van der Waals surface area contributed by atoms with Crippen LogP contribution in [0.3, 0.4) is 0 Å². The van der Waals surface area contributed by atoms with Crippen molar-refractivity contribution in [2.45, 2.75) is 42.7 Å². The number of amidine groups is 1. The molecule has 0 radical (unpaired) electrons. The Bertz CT molecular complexity index is 1540. The zero-order chi connectivity index (χ0) is 28.5. The highest BCUT2D eigenvalue weighted by Gasteiger charge is 2.39. The maximum absolute atomic E-state index is 14.4. The molecule has 2 unspecified atom stereocenters. The average molecular weight is 581 g/mol. The maximum atomic E-state index is 14.4. The van der Waals surface area contributed by atoms with Crippen LogP contribution in [0.15, 0.2) is 70.6 Å². The number of alkyl halides is 3. The SMILES string of the molecule is CC(N)=NCC1CC(S(=O)(=O)c2cccc(C(F)(F)F)c2)c2cc(/C=C(\C)c3c(F)cccc3Cl)ccc2O1. The largest absolute Gasteiger partial charge is 0.488 e. The van der Waals surface area contributed by atoms with Gasteiger partial charge >= 0.3 is 6.18 Å². The van der Waals surface area contributed by atoms with Crippen molar-refractivity contribution in [3.63, 3.8) is 0 Å². The summed E-state index contributed by atoms with van der Waals surface area (Å²) in [4.78, 5) is 3.68. The van der Waals surface area contributed by atoms with Gasteiger partial charge in [0.2, 0.25) is 0 Å². The Morgan fingerprint density at radius 2 is 1.85 bits per heavy atom. The molecule has 1 heterocycles. The lowest BCUT2D eigenvalue weighted by Crippen LogP contribution is -2.32. The molecule has 2 N–H and O–H groups in total. The number of sulfone groups is 1. The minimum Gasteiger partial charge on any atom is -0.488 e. The molecule has 11 heteroatoms. The third-order valence-electron chi connectivity index (χ3n) is 6.30. The number of benzene rings is 3. The number of allylic oxidation sites excluding steroid dienone is 1. The van der Waals surface area contributed by atoms with Crippen LogP contribution in [0.1, 0.15) is 47.8 Å². The standard InChI is InChI=1S/C28H25ClF4N2O3S/c1-16(27-23(29)7-4-8-24(27)30)11-18-9-10-25-22(12-18)26(14-20(38-25)15-35-17(2)34)39(36,37)21-6-3-5-19(13-21)28(31,32)33/h3-13,20,26H,14-15H2,1-2H3,(H2,34,35)/b16-11+. The molecule has 0 spiro atoms. The van der Waals surface area contributed by atoms with Crippen molar-refractivity contribution in [3.05, 3.63) is 93.8 Å². The molecule has 0 aliphatic carbocycles. The second-order valence-electron chi connectivity index (χ2n) is 9.24. The Morgan fingerprint density at radius 1 is 1.13 bits per heavy atom. The molecule has 0 saturated heterocycles. The van der Waals surface area contributed by atoms with Crippen LogP contribution in [-0.4, -0.2) is 26.9 Å². The number of fused-ring (bicyclic) bond motifs is 1. The highest BCUT2D eigenvalue weighted by atomic mass is 35.5. The molecule has 0 aromatic heterocycles. The van der Waals surface area contributed by atoms with Gasteiger partial charge < -0.3 is 10.5 Å². The Kier molecular flexibility index (Phi) is 8.09. The Balaban J connectivity index is 1.81. The molecule has 4 rings (SSSR count). The molecule has 3 aromatic carbocycles. The molecular formula is C28H25ClF4N2O3S. The summed E-state index contributed by atoms with van der Waals surface area (Å²) in [6, 6.07) is 12.8. The van der Waals surface area contributed by atoms with Gasteiger partial charge in [0.1, 0.15) is 17.7 Å². The predicted octanol–water partition coefficient (Wildman–Crippen LogP) is 7.10. The van der Waals surface area contributed by atoms with Crippen LogP contribution in [-0.2, 0) is 16.0 Å². The van der Waals surface area contributed by atoms with Gasteiger partial charge in [-0.2, -0.15) is 13.2 Å². The maximum Gasteiger partial charge on any atom is 0.416 e. The third kappa shape index (κ3) is 6.28. The van der Waals surface area contributed by atoms with E-state index in [1.54, 1.807) is 44.2 Å². The van der Waals surface area contributed by atoms with E-state index in [4.69, 9.17) is 22.1 Å². The first-order chi connectivity index (χ1) is 18.3. The van der Waals surface area contributed by atoms with Crippen molar-refractivity contribution in [1.29, 1.82) is 0 Å². The highest BCUT2D eigenvalue weighted by molar-refractivity contribution is 7.91. The zero-order valence-electron chi connectivity index (χ0n) is 21.0. The van der Waals surface area contributed by atoms with Crippen molar-refractivity contribution in [1.82, 2.24) is 0 Å². The van der Waals surface area contributed by atoms with Crippen LogP contribution < -0.4 is 10.5 Å². The Morgan fingerprint density at radius 3 is 2.51 bits per heavy atom. The number of nitrogens with two attached hydrogens (primary N) is 1. The van der Waals surface area contributed by atoms with Gasteiger partial charge in [0.05, 0.1) is 33.1 Å². The van der Waals surface area contributed by atoms with E-state index in [2.05, 4.69) is 4.99 Å². The molecule has 0 amide bonds. The summed E-state index contributed by atoms with van der Waals surface area (Å²) in [6.07, 6.45) is -3.80. The molecule has 39 heavy (non-hydrogen) atoms. The zero-order valence-corrected chi connectivity index (χ0v) is 22.5. The molecule has 0 bridgehead atoms. The number of nitrogens with zero attached hydrogens (tertiary/aromatic N) is 1. The number of rotatable bonds is 6. The normalized spacial score (nSPS) is 18.4. The molecule has 0 saturated carbocycles. The van der Waals surface area contributed by atoms with E-state index in [0.29, 0.717) is 17.2 Å². The first-order valence-corrected chi connectivity index (χ1v) is 13.8. The van der Waals surface area contributed by atoms with Crippen molar-refractivity contribution in [2.75, 3.05) is 6.54 Å². The van der Waals surface area contributed by atoms with Crippen LogP contribution in [0.4, 0.5) is 17.6 Å². The van der Waals surface area contributed by atoms with Crippen LogP contribution in [0, 0.1) is 5.82 Å². The number of ether oxygens (including phenoxy) is 1. The van der Waals surface area contributed by atoms with Gasteiger partial charge in [0, 0.05) is 17.5 Å². The van der Waals surface area contributed by atoms with E-state index in [-0.39, 0.29) is 40.7 Å². The Hall–Kier alpha value is -3.37. The first-order valence-electron chi connectivity index (χ1n) is 11.9. The fraction of sp³-hybridized carbons (Fsp3) is 0.250. The van der Waals surface area contributed by atoms with Crippen LogP contribution in [0.5, 0.6) is 5.75 Å². The highest BCUT2D eigenvalue weighted by Crippen LogP contribution is 2.44. The van der Waals surface area contributed by atoms with Gasteiger partial charge in [-0.1, -0.05) is 35.9 Å². The summed E-state index contributed by atoms with van der Waals surface area (Å²) in [5, 5.41) is -1.01. The molecule has 1 aliphatic heterocycles. The molecule has 3 aromatic rings. The average Bonchev–Trinajstić information content (AvgIpc) is 2.86. The number of halogens is 5. The first kappa shape index (κ1) is 28.6. The summed E-state index contributed by atoms with van der Waals surface area (Å²) < 4.78 is 88.1. The van der Waals surface area contributed by atoms with E-state index >= 15 is 0 Å². The van der Waals surface area contributed by atoms with Gasteiger partial charge in [-0.3, -0.25) is 4.99 Å². The quantitative estimate of drug-likeness (QED) is 0.146. The number of aliphatic imine (C=N–C) groups is 1. The van der Waals surface area contributed by atoms with E-state index in [1.807, 2.05) is 0 Å². The molecule has 2 atom stereocenters. The minimum atomic E-state index is -4.71. The van der Waals surface area contributed by atoms with Crippen molar-refractivity contribution >= 4 is 38.9 Å². The van der Waals surface area contributed by atoms with E-state index in [0.717, 1.165) is 18.2 Å². The van der Waals surface area contributed by atoms with Gasteiger partial charge in [-0.15, -0.1) is 0 Å². The number of hydrogen-bond donors (Lipinski definition) is 1. The van der Waals surface area contributed by atoms with Gasteiger partial charge in [-0.05, 0) is 67.4 Å². The molecule has 1 aliphatic rings. The van der Waals surface area contributed by atoms with Gasteiger partial charge in [0.15, 0.2) is 9.84 Å². The fourth-order valence-electron chi connectivity index (χ4n) is 4.47. The minimum absolute atomic E-state index is 0.0619. The van der Waals surface area contributed by atoms with Crippen LogP contribution in [0.25, 0.3) is 11.6 Å². The summed E-state index contributed by atoms with van der Waals surface area (Å²) in [5.74, 6) is 0.0287. The molecule has 206 valence electrons. The number of hydrogen-bond acceptors (Lipinski definition) is 4. The summed E-state index contributed by atoms with van der Waals surface area (Å²) in [5.41, 5.74) is 6.08. The van der Waals surface area contributed by atoms with Crippen LogP contribution >= 0.6 is 11.6 Å². The van der Waals surface area contributed by atoms with Crippen LogP contribution in [0.2, 0.25) is 5.02 Å². The topological polar surface area (TPSA) is 81.8 Å². The second-order valence-corrected chi connectivity index (χ2v) is 11.8. The summed E-state index contributed by atoms with van der Waals surface area (Å²) in [6.45, 7) is 3.32. The summed E-state index contributed by atoms with van der Waals surface area (Å²) >= 11 is 6.19. The second kappa shape index (κ2) is 11.0.